The van der Waals surface area contributed by atoms with E-state index in [4.69, 9.17) is 15.2 Å². The number of benzene rings is 4. The Labute approximate surface area is 361 Å². The van der Waals surface area contributed by atoms with E-state index in [1.165, 1.54) is 31.2 Å². The average molecular weight is 967 g/mol. The molecule has 0 unspecified atom stereocenters. The minimum absolute atomic E-state index is 0.0584. The van der Waals surface area contributed by atoms with Gasteiger partial charge in [0.1, 0.15) is 39.1 Å². The number of carboxylic acids is 2. The largest absolute Gasteiger partial charge is 0.479 e. The number of nitrogens with two attached hydrogens (primary N) is 1. The Morgan fingerprint density at radius 1 is 0.578 bits per heavy atom. The lowest BCUT2D eigenvalue weighted by molar-refractivity contribution is -0.140. The maximum atomic E-state index is 12.0. The van der Waals surface area contributed by atoms with Gasteiger partial charge in [-0.05, 0) is 73.7 Å². The van der Waals surface area contributed by atoms with Crippen molar-refractivity contribution in [2.75, 3.05) is 29.6 Å². The maximum absolute atomic E-state index is 12.0. The fraction of sp³-hybridized carbons (Fsp3) is 0.0882. The Kier molecular flexibility index (Phi) is 13.9. The highest BCUT2D eigenvalue weighted by molar-refractivity contribution is 7.86. The number of nitrogens with zero attached hydrogens (tertiary/aromatic N) is 5. The van der Waals surface area contributed by atoms with E-state index in [2.05, 4.69) is 36.1 Å². The van der Waals surface area contributed by atoms with E-state index >= 15 is 0 Å². The lowest BCUT2D eigenvalue weighted by Gasteiger charge is -2.17. The second-order valence-electron chi connectivity index (χ2n) is 12.6. The van der Waals surface area contributed by atoms with Gasteiger partial charge in [0.05, 0.1) is 20.4 Å². The highest BCUT2D eigenvalue weighted by atomic mass is 32.2. The van der Waals surface area contributed by atoms with Crippen molar-refractivity contribution >= 4 is 104 Å². The van der Waals surface area contributed by atoms with Gasteiger partial charge in [0, 0.05) is 29.1 Å². The molecular formula is C34H30N8O18S4. The third-order valence-electron chi connectivity index (χ3n) is 8.06. The Morgan fingerprint density at radius 3 is 1.41 bits per heavy atom. The van der Waals surface area contributed by atoms with E-state index in [9.17, 15) is 71.7 Å². The first kappa shape index (κ1) is 47.9. The van der Waals surface area contributed by atoms with Gasteiger partial charge in [-0.3, -0.25) is 18.2 Å². The van der Waals surface area contributed by atoms with Crippen LogP contribution in [0.2, 0.25) is 0 Å². The smallest absolute Gasteiger partial charge is 0.341 e. The van der Waals surface area contributed by atoms with E-state index in [1.807, 2.05) is 0 Å². The molecule has 30 heteroatoms. The maximum Gasteiger partial charge on any atom is 0.341 e. The highest BCUT2D eigenvalue weighted by Crippen LogP contribution is 2.44. The topological polar surface area (TPSA) is 423 Å². The fourth-order valence-corrected chi connectivity index (χ4v) is 7.14. The second kappa shape index (κ2) is 18.7. The normalized spacial score (nSPS) is 12.3. The number of aromatic nitrogens is 1. The van der Waals surface area contributed by atoms with Gasteiger partial charge in [0.15, 0.2) is 24.8 Å². The van der Waals surface area contributed by atoms with Crippen LogP contribution in [0, 0.1) is 6.92 Å². The summed E-state index contributed by atoms with van der Waals surface area (Å²) in [5, 5.41) is 40.3. The molecule has 0 saturated carbocycles. The van der Waals surface area contributed by atoms with Crippen LogP contribution < -0.4 is 25.8 Å². The van der Waals surface area contributed by atoms with Gasteiger partial charge in [0.25, 0.3) is 40.5 Å². The molecule has 4 aromatic carbocycles. The molecule has 0 radical (unpaired) electrons. The van der Waals surface area contributed by atoms with E-state index in [0.29, 0.717) is 18.2 Å². The first-order valence-corrected chi connectivity index (χ1v) is 22.8. The molecule has 0 aliphatic heterocycles. The number of hydrogen-bond donors (Lipinski definition) is 9. The number of carbonyl (C=O) groups is 2. The van der Waals surface area contributed by atoms with Crippen LogP contribution in [0.25, 0.3) is 0 Å². The van der Waals surface area contributed by atoms with Gasteiger partial charge < -0.3 is 36.1 Å². The number of nitrogens with one attached hydrogen (secondary N) is 2. The average Bonchev–Trinajstić information content (AvgIpc) is 3.19. The third-order valence-corrected chi connectivity index (χ3v) is 11.6. The van der Waals surface area contributed by atoms with Crippen LogP contribution in [-0.4, -0.2) is 92.2 Å². The van der Waals surface area contributed by atoms with Crippen LogP contribution in [0.5, 0.6) is 11.5 Å². The monoisotopic (exact) mass is 966 g/mol. The molecule has 0 bridgehead atoms. The number of azo groups is 2. The Bertz CT molecular complexity index is 3190. The molecular weight excluding hydrogens is 937 g/mol. The fourth-order valence-electron chi connectivity index (χ4n) is 5.08. The summed E-state index contributed by atoms with van der Waals surface area (Å²) in [5.41, 5.74) is 4.97. The molecule has 5 aromatic rings. The number of pyridine rings is 1. The molecule has 0 aliphatic rings. The molecule has 0 spiro atoms. The van der Waals surface area contributed by atoms with Gasteiger partial charge in [0.2, 0.25) is 0 Å². The molecule has 0 atom stereocenters. The number of nitrogen functional groups attached to an aromatic ring is 1. The van der Waals surface area contributed by atoms with Crippen LogP contribution in [0.15, 0.2) is 119 Å². The van der Waals surface area contributed by atoms with Gasteiger partial charge >= 0.3 is 11.9 Å². The summed E-state index contributed by atoms with van der Waals surface area (Å²) >= 11 is 0. The van der Waals surface area contributed by atoms with Gasteiger partial charge in [-0.1, -0.05) is 0 Å². The predicted molar refractivity (Wildman–Crippen MR) is 220 cm³/mol. The minimum Gasteiger partial charge on any atom is -0.479 e. The molecule has 1 aromatic heterocycles. The number of anilines is 5. The van der Waals surface area contributed by atoms with E-state index in [1.54, 1.807) is 0 Å². The van der Waals surface area contributed by atoms with E-state index in [0.717, 1.165) is 36.4 Å². The van der Waals surface area contributed by atoms with Crippen molar-refractivity contribution in [3.63, 3.8) is 0 Å². The van der Waals surface area contributed by atoms with Crippen LogP contribution >= 0.6 is 0 Å². The summed E-state index contributed by atoms with van der Waals surface area (Å²) in [4.78, 5) is 24.8. The molecule has 338 valence electrons. The summed E-state index contributed by atoms with van der Waals surface area (Å²) in [7, 11) is -19.2. The first-order valence-electron chi connectivity index (χ1n) is 17.0. The SMILES string of the molecule is Cc1c(N)c(Nc2ccc(S(=O)(=O)O)cc2)nc(Nc2ccc(S(=O)(=O)O)cc2)c1/N=N/c1cc(OCC(=O)O)c(/N=N/c2cc(S(=O)(=O)O)ccc2S(=O)(=O)O)cc1OCC(=O)O. The van der Waals surface area contributed by atoms with Crippen molar-refractivity contribution in [3.8, 4) is 11.5 Å². The predicted octanol–water partition coefficient (Wildman–Crippen LogP) is 5.20. The molecule has 0 aliphatic carbocycles. The molecule has 1 heterocycles. The van der Waals surface area contributed by atoms with Crippen molar-refractivity contribution in [2.24, 2.45) is 20.5 Å². The summed E-state index contributed by atoms with van der Waals surface area (Å²) < 4.78 is 143. The van der Waals surface area contributed by atoms with E-state index in [-0.39, 0.29) is 39.9 Å². The molecule has 5 rings (SSSR count). The minimum atomic E-state index is -5.10. The van der Waals surface area contributed by atoms with Crippen LogP contribution in [0.1, 0.15) is 5.56 Å². The molecule has 0 saturated heterocycles. The molecule has 64 heavy (non-hydrogen) atoms. The van der Waals surface area contributed by atoms with Crippen molar-refractivity contribution in [1.82, 2.24) is 4.98 Å². The zero-order valence-corrected chi connectivity index (χ0v) is 35.2. The molecule has 10 N–H and O–H groups in total. The first-order chi connectivity index (χ1) is 29.7. The number of hydrogen-bond acceptors (Lipinski definition) is 20. The number of carboxylic acid groups (broad SMARTS) is 2. The highest BCUT2D eigenvalue weighted by Gasteiger charge is 2.22. The summed E-state index contributed by atoms with van der Waals surface area (Å²) in [6, 6.07) is 12.9. The number of rotatable bonds is 18. The molecule has 26 nitrogen and oxygen atoms in total. The van der Waals surface area contributed by atoms with Crippen molar-refractivity contribution < 1.29 is 81.2 Å². The zero-order valence-electron chi connectivity index (χ0n) is 31.9. The van der Waals surface area contributed by atoms with E-state index < -0.39 is 114 Å². The summed E-state index contributed by atoms with van der Waals surface area (Å²) in [6.45, 7) is -0.641. The van der Waals surface area contributed by atoms with Crippen LogP contribution in [0.4, 0.5) is 51.4 Å². The number of ether oxygens (including phenoxy) is 2. The zero-order chi connectivity index (χ0) is 47.4. The Balaban J connectivity index is 1.68. The summed E-state index contributed by atoms with van der Waals surface area (Å²) in [6.07, 6.45) is 0. The second-order valence-corrected chi connectivity index (χ2v) is 18.2. The van der Waals surface area contributed by atoms with Gasteiger partial charge in [-0.2, -0.15) is 33.7 Å². The van der Waals surface area contributed by atoms with Crippen molar-refractivity contribution in [3.05, 3.63) is 84.4 Å². The lowest BCUT2D eigenvalue weighted by Crippen LogP contribution is -2.11. The van der Waals surface area contributed by atoms with Gasteiger partial charge in [-0.25, -0.2) is 14.6 Å². The Morgan fingerprint density at radius 2 is 0.984 bits per heavy atom. The Hall–Kier alpha value is -7.19. The van der Waals surface area contributed by atoms with Crippen LogP contribution in [0.3, 0.4) is 0 Å². The van der Waals surface area contributed by atoms with Crippen LogP contribution in [-0.2, 0) is 50.1 Å². The quantitative estimate of drug-likeness (QED) is 0.0402. The van der Waals surface area contributed by atoms with Crippen molar-refractivity contribution in [1.29, 1.82) is 0 Å². The van der Waals surface area contributed by atoms with Gasteiger partial charge in [-0.15, -0.1) is 20.5 Å². The number of aliphatic carboxylic acids is 2. The third kappa shape index (κ3) is 12.3. The van der Waals surface area contributed by atoms with Crippen molar-refractivity contribution in [2.45, 2.75) is 26.5 Å². The molecule has 0 fully saturated rings. The summed E-state index contributed by atoms with van der Waals surface area (Å²) in [5.74, 6) is -4.22. The standard InChI is InChI=1S/C34H30N8O18S4/c1-17-31(35)33(36-18-2-6-20(7-3-18)61(47,48)49)38-34(37-19-4-8-21(9-5-19)62(50,51)52)32(17)42-40-24-14-26(59-15-29(43)44)23(13-27(24)60-16-30(45)46)39-41-25-12-22(63(53,54)55)10-11-28(25)64(56,57)58/h2-14H,15-16,35H2,1H3,(H,43,44)(H,45,46)(H2,36,37,38)(H,47,48,49)(H,50,51,52)(H,53,54,55)(H,56,57,58)/b41-39+,42-40+. The lowest BCUT2D eigenvalue weighted by atomic mass is 10.2. The molecule has 0 amide bonds.